The Morgan fingerprint density at radius 2 is 2.16 bits per heavy atom. The number of thioether (sulfide) groups is 1. The highest BCUT2D eigenvalue weighted by atomic mass is 35.5. The van der Waals surface area contributed by atoms with E-state index in [1.807, 2.05) is 37.3 Å². The van der Waals surface area contributed by atoms with Crippen LogP contribution in [0.1, 0.15) is 19.8 Å². The summed E-state index contributed by atoms with van der Waals surface area (Å²) in [7, 11) is 0. The predicted octanol–water partition coefficient (Wildman–Crippen LogP) is 2.46. The number of amides is 1. The lowest BCUT2D eigenvalue weighted by Gasteiger charge is -2.25. The second-order valence-corrected chi connectivity index (χ2v) is 6.04. The van der Waals surface area contributed by atoms with Crippen LogP contribution in [0.5, 0.6) is 0 Å². The smallest absolute Gasteiger partial charge is 0.233 e. The van der Waals surface area contributed by atoms with Gasteiger partial charge in [0.25, 0.3) is 0 Å². The van der Waals surface area contributed by atoms with E-state index in [0.29, 0.717) is 6.04 Å². The standard InChI is InChI=1S/C14H20N2OS.ClH/c1-11(18-13-7-3-2-4-8-13)14(17)16-12-6-5-9-15-10-12;/h2-4,7-8,11-12,15H,5-6,9-10H2,1H3,(H,16,17);1H/t11?,12-;/m0./s1. The molecular formula is C14H21ClN2OS. The van der Waals surface area contributed by atoms with Crippen molar-refractivity contribution in [2.45, 2.75) is 36.0 Å². The maximum atomic E-state index is 12.1. The first-order valence-corrected chi connectivity index (χ1v) is 7.36. The summed E-state index contributed by atoms with van der Waals surface area (Å²) in [5, 5.41) is 6.38. The van der Waals surface area contributed by atoms with Gasteiger partial charge in [-0.3, -0.25) is 4.79 Å². The Morgan fingerprint density at radius 1 is 1.42 bits per heavy atom. The first-order valence-electron chi connectivity index (χ1n) is 6.48. The number of carbonyl (C=O) groups excluding carboxylic acids is 1. The highest BCUT2D eigenvalue weighted by Gasteiger charge is 2.19. The van der Waals surface area contributed by atoms with Crippen molar-refractivity contribution >= 4 is 30.1 Å². The predicted molar refractivity (Wildman–Crippen MR) is 83.0 cm³/mol. The summed E-state index contributed by atoms with van der Waals surface area (Å²) in [6.07, 6.45) is 2.23. The molecule has 1 aromatic carbocycles. The van der Waals surface area contributed by atoms with Gasteiger partial charge in [0.05, 0.1) is 5.25 Å². The third-order valence-electron chi connectivity index (χ3n) is 3.07. The van der Waals surface area contributed by atoms with Crippen molar-refractivity contribution in [3.8, 4) is 0 Å². The number of rotatable bonds is 4. The summed E-state index contributed by atoms with van der Waals surface area (Å²) >= 11 is 1.61. The number of halogens is 1. The third kappa shape index (κ3) is 5.43. The average Bonchev–Trinajstić information content (AvgIpc) is 2.41. The fourth-order valence-corrected chi connectivity index (χ4v) is 2.95. The zero-order chi connectivity index (χ0) is 12.8. The van der Waals surface area contributed by atoms with E-state index in [0.717, 1.165) is 30.8 Å². The van der Waals surface area contributed by atoms with Crippen LogP contribution in [-0.4, -0.2) is 30.3 Å². The van der Waals surface area contributed by atoms with Gasteiger partial charge in [0, 0.05) is 17.5 Å². The van der Waals surface area contributed by atoms with Crippen LogP contribution in [0.25, 0.3) is 0 Å². The highest BCUT2D eigenvalue weighted by Crippen LogP contribution is 2.22. The molecule has 1 fully saturated rings. The molecule has 0 aromatic heterocycles. The van der Waals surface area contributed by atoms with Crippen molar-refractivity contribution in [1.29, 1.82) is 0 Å². The Balaban J connectivity index is 0.00000180. The van der Waals surface area contributed by atoms with Gasteiger partial charge in [-0.25, -0.2) is 0 Å². The first kappa shape index (κ1) is 16.3. The summed E-state index contributed by atoms with van der Waals surface area (Å²) in [6, 6.07) is 10.4. The van der Waals surface area contributed by atoms with Crippen LogP contribution in [0, 0.1) is 0 Å². The van der Waals surface area contributed by atoms with Crippen LogP contribution in [0.15, 0.2) is 35.2 Å². The Hall–Kier alpha value is -0.710. The lowest BCUT2D eigenvalue weighted by molar-refractivity contribution is -0.121. The van der Waals surface area contributed by atoms with Gasteiger partial charge in [-0.2, -0.15) is 0 Å². The van der Waals surface area contributed by atoms with Crippen molar-refractivity contribution in [2.24, 2.45) is 0 Å². The van der Waals surface area contributed by atoms with E-state index in [-0.39, 0.29) is 23.6 Å². The number of piperidine rings is 1. The number of nitrogens with one attached hydrogen (secondary N) is 2. The third-order valence-corrected chi connectivity index (χ3v) is 4.18. The van der Waals surface area contributed by atoms with Crippen LogP contribution in [0.3, 0.4) is 0 Å². The molecule has 0 radical (unpaired) electrons. The van der Waals surface area contributed by atoms with Crippen LogP contribution < -0.4 is 10.6 Å². The van der Waals surface area contributed by atoms with E-state index in [1.54, 1.807) is 11.8 Å². The molecule has 0 aliphatic carbocycles. The van der Waals surface area contributed by atoms with Gasteiger partial charge >= 0.3 is 0 Å². The molecule has 2 rings (SSSR count). The zero-order valence-electron chi connectivity index (χ0n) is 11.1. The molecule has 1 amide bonds. The molecule has 0 spiro atoms. The summed E-state index contributed by atoms with van der Waals surface area (Å²) in [4.78, 5) is 13.2. The van der Waals surface area contributed by atoms with Gasteiger partial charge in [-0.1, -0.05) is 18.2 Å². The summed E-state index contributed by atoms with van der Waals surface area (Å²) in [6.45, 7) is 3.93. The van der Waals surface area contributed by atoms with Gasteiger partial charge in [0.1, 0.15) is 0 Å². The van der Waals surface area contributed by atoms with Gasteiger partial charge in [-0.05, 0) is 38.4 Å². The van der Waals surface area contributed by atoms with Crippen LogP contribution >= 0.6 is 24.2 Å². The Bertz CT molecular complexity index is 382. The molecule has 1 aliphatic rings. The molecule has 1 heterocycles. The minimum Gasteiger partial charge on any atom is -0.351 e. The second kappa shape index (κ2) is 8.46. The molecule has 1 aliphatic heterocycles. The largest absolute Gasteiger partial charge is 0.351 e. The Kier molecular flexibility index (Phi) is 7.28. The Morgan fingerprint density at radius 3 is 2.79 bits per heavy atom. The van der Waals surface area contributed by atoms with Crippen molar-refractivity contribution in [2.75, 3.05) is 13.1 Å². The molecule has 19 heavy (non-hydrogen) atoms. The van der Waals surface area contributed by atoms with E-state index in [4.69, 9.17) is 0 Å². The molecule has 3 nitrogen and oxygen atoms in total. The van der Waals surface area contributed by atoms with E-state index >= 15 is 0 Å². The first-order chi connectivity index (χ1) is 8.75. The fraction of sp³-hybridized carbons (Fsp3) is 0.500. The molecule has 0 bridgehead atoms. The number of carbonyl (C=O) groups is 1. The van der Waals surface area contributed by atoms with Crippen molar-refractivity contribution in [3.63, 3.8) is 0 Å². The lowest BCUT2D eigenvalue weighted by Crippen LogP contribution is -2.47. The van der Waals surface area contributed by atoms with Crippen LogP contribution in [-0.2, 0) is 4.79 Å². The fourth-order valence-electron chi connectivity index (χ4n) is 2.05. The topological polar surface area (TPSA) is 41.1 Å². The molecule has 0 saturated carbocycles. The lowest BCUT2D eigenvalue weighted by atomic mass is 10.1. The number of hydrogen-bond donors (Lipinski definition) is 2. The van der Waals surface area contributed by atoms with E-state index in [2.05, 4.69) is 10.6 Å². The normalized spacial score (nSPS) is 20.2. The second-order valence-electron chi connectivity index (χ2n) is 4.62. The van der Waals surface area contributed by atoms with Crippen molar-refractivity contribution in [1.82, 2.24) is 10.6 Å². The van der Waals surface area contributed by atoms with Gasteiger partial charge in [-0.15, -0.1) is 24.2 Å². The number of benzene rings is 1. The quantitative estimate of drug-likeness (QED) is 0.839. The molecule has 2 atom stereocenters. The maximum absolute atomic E-state index is 12.1. The van der Waals surface area contributed by atoms with Gasteiger partial charge < -0.3 is 10.6 Å². The van der Waals surface area contributed by atoms with Crippen LogP contribution in [0.4, 0.5) is 0 Å². The molecule has 1 aromatic rings. The van der Waals surface area contributed by atoms with Gasteiger partial charge in [0.15, 0.2) is 0 Å². The van der Waals surface area contributed by atoms with Gasteiger partial charge in [0.2, 0.25) is 5.91 Å². The molecule has 106 valence electrons. The molecule has 1 unspecified atom stereocenters. The van der Waals surface area contributed by atoms with E-state index in [9.17, 15) is 4.79 Å². The Labute approximate surface area is 125 Å². The van der Waals surface area contributed by atoms with E-state index < -0.39 is 0 Å². The number of hydrogen-bond acceptors (Lipinski definition) is 3. The zero-order valence-corrected chi connectivity index (χ0v) is 12.7. The monoisotopic (exact) mass is 300 g/mol. The van der Waals surface area contributed by atoms with Crippen LogP contribution in [0.2, 0.25) is 0 Å². The maximum Gasteiger partial charge on any atom is 0.233 e. The summed E-state index contributed by atoms with van der Waals surface area (Å²) < 4.78 is 0. The SMILES string of the molecule is CC(Sc1ccccc1)C(=O)N[C@H]1CCCNC1.Cl. The molecule has 1 saturated heterocycles. The minimum absolute atomic E-state index is 0. The molecule has 2 N–H and O–H groups in total. The van der Waals surface area contributed by atoms with Crippen molar-refractivity contribution < 1.29 is 4.79 Å². The summed E-state index contributed by atoms with van der Waals surface area (Å²) in [5.41, 5.74) is 0. The molecular weight excluding hydrogens is 280 g/mol. The van der Waals surface area contributed by atoms with Crippen molar-refractivity contribution in [3.05, 3.63) is 30.3 Å². The molecule has 5 heteroatoms. The highest BCUT2D eigenvalue weighted by molar-refractivity contribution is 8.00. The average molecular weight is 301 g/mol. The minimum atomic E-state index is -0.0469. The van der Waals surface area contributed by atoms with E-state index in [1.165, 1.54) is 0 Å². The summed E-state index contributed by atoms with van der Waals surface area (Å²) in [5.74, 6) is 0.137.